The number of anilines is 1. The Balaban J connectivity index is 1.90. The zero-order valence-corrected chi connectivity index (χ0v) is 14.2. The Morgan fingerprint density at radius 2 is 1.88 bits per heavy atom. The van der Waals surface area contributed by atoms with Crippen molar-refractivity contribution in [2.75, 3.05) is 5.32 Å². The smallest absolute Gasteiger partial charge is 0.276 e. The number of primary amides is 1. The third kappa shape index (κ3) is 3.52. The summed E-state index contributed by atoms with van der Waals surface area (Å²) in [5, 5.41) is 2.82. The molecular weight excluding hydrogens is 316 g/mol. The van der Waals surface area contributed by atoms with E-state index in [4.69, 9.17) is 5.73 Å². The Hall–Kier alpha value is -3.15. The highest BCUT2D eigenvalue weighted by molar-refractivity contribution is 6.07. The zero-order valence-electron chi connectivity index (χ0n) is 14.2. The number of nitrogens with two attached hydrogens (primary N) is 1. The fraction of sp³-hybridized carbons (Fsp3) is 0.211. The van der Waals surface area contributed by atoms with Crippen LogP contribution in [0.4, 0.5) is 5.69 Å². The van der Waals surface area contributed by atoms with Gasteiger partial charge in [-0.2, -0.15) is 0 Å². The summed E-state index contributed by atoms with van der Waals surface area (Å²) in [5.74, 6) is 0.504. The first-order valence-corrected chi connectivity index (χ1v) is 8.13. The lowest BCUT2D eigenvalue weighted by Crippen LogP contribution is -2.14. The van der Waals surface area contributed by atoms with Gasteiger partial charge in [-0.3, -0.25) is 9.59 Å². The molecule has 6 heteroatoms. The van der Waals surface area contributed by atoms with Crippen LogP contribution >= 0.6 is 0 Å². The fourth-order valence-electron chi connectivity index (χ4n) is 2.69. The van der Waals surface area contributed by atoms with E-state index in [1.807, 2.05) is 28.8 Å². The molecule has 25 heavy (non-hydrogen) atoms. The maximum absolute atomic E-state index is 12.7. The quantitative estimate of drug-likeness (QED) is 0.751. The van der Waals surface area contributed by atoms with Crippen molar-refractivity contribution in [2.45, 2.75) is 20.3 Å². The van der Waals surface area contributed by atoms with Crippen LogP contribution in [0.25, 0.3) is 5.52 Å². The van der Waals surface area contributed by atoms with Crippen LogP contribution in [-0.4, -0.2) is 21.2 Å². The molecule has 0 unspecified atom stereocenters. The van der Waals surface area contributed by atoms with Crippen LogP contribution in [0.1, 0.15) is 40.5 Å². The molecule has 0 spiro atoms. The van der Waals surface area contributed by atoms with E-state index in [0.29, 0.717) is 22.9 Å². The highest BCUT2D eigenvalue weighted by Crippen LogP contribution is 2.18. The molecule has 0 aliphatic rings. The molecule has 0 fully saturated rings. The van der Waals surface area contributed by atoms with Crippen molar-refractivity contribution in [1.82, 2.24) is 9.38 Å². The molecule has 1 aromatic carbocycles. The number of nitrogens with one attached hydrogen (secondary N) is 1. The van der Waals surface area contributed by atoms with Gasteiger partial charge >= 0.3 is 0 Å². The number of hydrogen-bond donors (Lipinski definition) is 2. The fourth-order valence-corrected chi connectivity index (χ4v) is 2.69. The molecule has 0 atom stereocenters. The highest BCUT2D eigenvalue weighted by Gasteiger charge is 2.18. The Morgan fingerprint density at radius 3 is 2.52 bits per heavy atom. The summed E-state index contributed by atoms with van der Waals surface area (Å²) in [6.45, 7) is 4.23. The minimum atomic E-state index is -0.503. The largest absolute Gasteiger partial charge is 0.366 e. The van der Waals surface area contributed by atoms with Crippen LogP contribution in [0.2, 0.25) is 0 Å². The van der Waals surface area contributed by atoms with Gasteiger partial charge in [-0.15, -0.1) is 0 Å². The number of carbonyl (C=O) groups is 2. The van der Waals surface area contributed by atoms with E-state index in [2.05, 4.69) is 24.1 Å². The average Bonchev–Trinajstić information content (AvgIpc) is 2.94. The van der Waals surface area contributed by atoms with E-state index in [9.17, 15) is 9.59 Å². The van der Waals surface area contributed by atoms with Crippen LogP contribution in [-0.2, 0) is 6.42 Å². The number of amides is 2. The molecule has 128 valence electrons. The van der Waals surface area contributed by atoms with Gasteiger partial charge in [-0.05, 0) is 42.3 Å². The normalized spacial score (nSPS) is 11.0. The lowest BCUT2D eigenvalue weighted by Gasteiger charge is -2.04. The Morgan fingerprint density at radius 1 is 1.16 bits per heavy atom. The van der Waals surface area contributed by atoms with E-state index < -0.39 is 5.91 Å². The maximum Gasteiger partial charge on any atom is 0.276 e. The molecule has 2 heterocycles. The Kier molecular flexibility index (Phi) is 4.52. The first-order chi connectivity index (χ1) is 12.0. The molecule has 0 saturated carbocycles. The molecule has 2 aromatic heterocycles. The number of imidazole rings is 1. The van der Waals surface area contributed by atoms with Crippen LogP contribution < -0.4 is 11.1 Å². The SMILES string of the molecule is CC(C)Cc1nc(C(=O)Nc2ccc(C(N)=O)cc2)c2ccccn12. The van der Waals surface area contributed by atoms with Gasteiger partial charge in [0.05, 0.1) is 5.52 Å². The number of pyridine rings is 1. The molecule has 3 rings (SSSR count). The molecule has 2 amide bonds. The predicted octanol–water partition coefficient (Wildman–Crippen LogP) is 2.88. The van der Waals surface area contributed by atoms with Gasteiger partial charge in [-0.1, -0.05) is 19.9 Å². The molecule has 0 bridgehead atoms. The van der Waals surface area contributed by atoms with Crippen LogP contribution in [0.5, 0.6) is 0 Å². The van der Waals surface area contributed by atoms with Crippen LogP contribution in [0.15, 0.2) is 48.7 Å². The first-order valence-electron chi connectivity index (χ1n) is 8.13. The van der Waals surface area contributed by atoms with E-state index in [1.54, 1.807) is 24.3 Å². The van der Waals surface area contributed by atoms with Crippen molar-refractivity contribution in [1.29, 1.82) is 0 Å². The molecule has 3 N–H and O–H groups in total. The van der Waals surface area contributed by atoms with E-state index in [1.165, 1.54) is 0 Å². The number of nitrogens with zero attached hydrogens (tertiary/aromatic N) is 2. The molecule has 3 aromatic rings. The third-order valence-electron chi connectivity index (χ3n) is 3.85. The summed E-state index contributed by atoms with van der Waals surface area (Å²) in [6.07, 6.45) is 2.70. The topological polar surface area (TPSA) is 89.5 Å². The zero-order chi connectivity index (χ0) is 18.0. The van der Waals surface area contributed by atoms with Gasteiger partial charge < -0.3 is 15.5 Å². The summed E-state index contributed by atoms with van der Waals surface area (Å²) >= 11 is 0. The summed E-state index contributed by atoms with van der Waals surface area (Å²) in [7, 11) is 0. The lowest BCUT2D eigenvalue weighted by molar-refractivity contribution is 0.0998. The standard InChI is InChI=1S/C19H20N4O2/c1-12(2)11-16-22-17(15-5-3-4-10-23(15)16)19(25)21-14-8-6-13(7-9-14)18(20)24/h3-10,12H,11H2,1-2H3,(H2,20,24)(H,21,25). The molecular formula is C19H20N4O2. The summed E-state index contributed by atoms with van der Waals surface area (Å²) in [5.41, 5.74) is 7.35. The average molecular weight is 336 g/mol. The summed E-state index contributed by atoms with van der Waals surface area (Å²) in [4.78, 5) is 28.3. The molecule has 0 aliphatic heterocycles. The van der Waals surface area contributed by atoms with Crippen molar-refractivity contribution in [3.05, 3.63) is 65.7 Å². The molecule has 0 aliphatic carbocycles. The van der Waals surface area contributed by atoms with Gasteiger partial charge in [0.15, 0.2) is 5.69 Å². The lowest BCUT2D eigenvalue weighted by atomic mass is 10.1. The number of aromatic nitrogens is 2. The number of carbonyl (C=O) groups excluding carboxylic acids is 2. The molecule has 0 radical (unpaired) electrons. The number of rotatable bonds is 5. The van der Waals surface area contributed by atoms with Gasteiger partial charge in [0.25, 0.3) is 5.91 Å². The van der Waals surface area contributed by atoms with E-state index >= 15 is 0 Å². The molecule has 0 saturated heterocycles. The second-order valence-electron chi connectivity index (χ2n) is 6.33. The minimum absolute atomic E-state index is 0.287. The minimum Gasteiger partial charge on any atom is -0.366 e. The van der Waals surface area contributed by atoms with Crippen molar-refractivity contribution in [2.24, 2.45) is 11.7 Å². The van der Waals surface area contributed by atoms with Gasteiger partial charge in [0.1, 0.15) is 5.82 Å². The maximum atomic E-state index is 12.7. The second-order valence-corrected chi connectivity index (χ2v) is 6.33. The van der Waals surface area contributed by atoms with Gasteiger partial charge in [0, 0.05) is 23.9 Å². The van der Waals surface area contributed by atoms with Gasteiger partial charge in [0.2, 0.25) is 5.91 Å². The molecule has 6 nitrogen and oxygen atoms in total. The first kappa shape index (κ1) is 16.7. The van der Waals surface area contributed by atoms with Gasteiger partial charge in [-0.25, -0.2) is 4.98 Å². The number of hydrogen-bond acceptors (Lipinski definition) is 3. The van der Waals surface area contributed by atoms with Crippen LogP contribution in [0, 0.1) is 5.92 Å². The van der Waals surface area contributed by atoms with Crippen molar-refractivity contribution in [3.8, 4) is 0 Å². The van der Waals surface area contributed by atoms with E-state index in [0.717, 1.165) is 17.8 Å². The summed E-state index contributed by atoms with van der Waals surface area (Å²) in [6, 6.07) is 12.1. The third-order valence-corrected chi connectivity index (χ3v) is 3.85. The Bertz CT molecular complexity index is 926. The Labute approximate surface area is 145 Å². The predicted molar refractivity (Wildman–Crippen MR) is 96.6 cm³/mol. The van der Waals surface area contributed by atoms with Crippen molar-refractivity contribution in [3.63, 3.8) is 0 Å². The monoisotopic (exact) mass is 336 g/mol. The highest BCUT2D eigenvalue weighted by atomic mass is 16.2. The van der Waals surface area contributed by atoms with Crippen molar-refractivity contribution >= 4 is 23.0 Å². The number of benzene rings is 1. The van der Waals surface area contributed by atoms with E-state index in [-0.39, 0.29) is 5.91 Å². The second kappa shape index (κ2) is 6.76. The van der Waals surface area contributed by atoms with Crippen molar-refractivity contribution < 1.29 is 9.59 Å². The summed E-state index contributed by atoms with van der Waals surface area (Å²) < 4.78 is 1.95. The number of fused-ring (bicyclic) bond motifs is 1. The van der Waals surface area contributed by atoms with Crippen LogP contribution in [0.3, 0.4) is 0 Å².